The first-order valence-electron chi connectivity index (χ1n) is 7.07. The van der Waals surface area contributed by atoms with E-state index in [1.165, 1.54) is 12.8 Å². The van der Waals surface area contributed by atoms with E-state index in [9.17, 15) is 0 Å². The number of anilines is 1. The predicted octanol–water partition coefficient (Wildman–Crippen LogP) is 2.65. The summed E-state index contributed by atoms with van der Waals surface area (Å²) in [6.45, 7) is 5.28. The molecule has 1 fully saturated rings. The third-order valence-electron chi connectivity index (χ3n) is 3.52. The maximum atomic E-state index is 5.85. The molecule has 0 bridgehead atoms. The molecule has 0 spiro atoms. The van der Waals surface area contributed by atoms with Crippen LogP contribution in [0.2, 0.25) is 0 Å². The number of nitrogen functional groups attached to an aromatic ring is 1. The third-order valence-corrected chi connectivity index (χ3v) is 3.52. The van der Waals surface area contributed by atoms with Crippen molar-refractivity contribution in [3.63, 3.8) is 0 Å². The van der Waals surface area contributed by atoms with E-state index in [0.717, 1.165) is 6.42 Å². The fourth-order valence-corrected chi connectivity index (χ4v) is 1.62. The molecule has 0 radical (unpaired) electrons. The molecule has 1 aromatic rings. The summed E-state index contributed by atoms with van der Waals surface area (Å²) >= 11 is 0. The average Bonchev–Trinajstić information content (AvgIpc) is 3.23. The monoisotopic (exact) mass is 280 g/mol. The SMILES string of the molecule is COC(C)(C)CCOc1ccc(N)c(OCC2CC2)n1. The van der Waals surface area contributed by atoms with Gasteiger partial charge in [0, 0.05) is 19.6 Å². The van der Waals surface area contributed by atoms with Gasteiger partial charge in [0.1, 0.15) is 0 Å². The molecule has 5 heteroatoms. The van der Waals surface area contributed by atoms with E-state index in [2.05, 4.69) is 4.98 Å². The smallest absolute Gasteiger partial charge is 0.240 e. The van der Waals surface area contributed by atoms with Crippen molar-refractivity contribution in [3.05, 3.63) is 12.1 Å². The number of hydrogen-bond acceptors (Lipinski definition) is 5. The Bertz CT molecular complexity index is 445. The Labute approximate surface area is 120 Å². The van der Waals surface area contributed by atoms with Crippen molar-refractivity contribution in [2.45, 2.75) is 38.7 Å². The second kappa shape index (κ2) is 6.31. The van der Waals surface area contributed by atoms with E-state index in [0.29, 0.717) is 36.6 Å². The zero-order chi connectivity index (χ0) is 14.6. The molecule has 1 aliphatic rings. The van der Waals surface area contributed by atoms with Crippen molar-refractivity contribution in [2.75, 3.05) is 26.1 Å². The first kappa shape index (κ1) is 14.9. The minimum atomic E-state index is -0.195. The van der Waals surface area contributed by atoms with Crippen LogP contribution < -0.4 is 15.2 Å². The first-order chi connectivity index (χ1) is 9.50. The zero-order valence-electron chi connectivity index (χ0n) is 12.5. The van der Waals surface area contributed by atoms with E-state index < -0.39 is 0 Å². The molecule has 0 aromatic carbocycles. The van der Waals surface area contributed by atoms with Gasteiger partial charge in [0.15, 0.2) is 0 Å². The van der Waals surface area contributed by atoms with Crippen LogP contribution in [0.15, 0.2) is 12.1 Å². The third kappa shape index (κ3) is 4.56. The van der Waals surface area contributed by atoms with Crippen LogP contribution in [0.25, 0.3) is 0 Å². The van der Waals surface area contributed by atoms with E-state index in [-0.39, 0.29) is 5.60 Å². The van der Waals surface area contributed by atoms with Gasteiger partial charge in [-0.15, -0.1) is 0 Å². The molecular weight excluding hydrogens is 256 g/mol. The second-order valence-electron chi connectivity index (χ2n) is 5.86. The lowest BCUT2D eigenvalue weighted by Crippen LogP contribution is -2.25. The predicted molar refractivity (Wildman–Crippen MR) is 78.1 cm³/mol. The fraction of sp³-hybridized carbons (Fsp3) is 0.667. The van der Waals surface area contributed by atoms with Gasteiger partial charge in [-0.1, -0.05) is 0 Å². The van der Waals surface area contributed by atoms with E-state index in [4.69, 9.17) is 19.9 Å². The summed E-state index contributed by atoms with van der Waals surface area (Å²) in [6, 6.07) is 3.53. The van der Waals surface area contributed by atoms with E-state index in [1.54, 1.807) is 19.2 Å². The first-order valence-corrected chi connectivity index (χ1v) is 7.07. The minimum Gasteiger partial charge on any atom is -0.477 e. The van der Waals surface area contributed by atoms with Crippen molar-refractivity contribution >= 4 is 5.69 Å². The maximum Gasteiger partial charge on any atom is 0.240 e. The number of hydrogen-bond donors (Lipinski definition) is 1. The van der Waals surface area contributed by atoms with Crippen LogP contribution in [0, 0.1) is 5.92 Å². The second-order valence-corrected chi connectivity index (χ2v) is 5.86. The average molecular weight is 280 g/mol. The van der Waals surface area contributed by atoms with Crippen LogP contribution in [-0.4, -0.2) is 30.9 Å². The molecule has 2 N–H and O–H groups in total. The van der Waals surface area contributed by atoms with Crippen LogP contribution in [0.4, 0.5) is 5.69 Å². The van der Waals surface area contributed by atoms with Crippen molar-refractivity contribution in [1.29, 1.82) is 0 Å². The minimum absolute atomic E-state index is 0.195. The van der Waals surface area contributed by atoms with Gasteiger partial charge in [0.05, 0.1) is 24.5 Å². The highest BCUT2D eigenvalue weighted by atomic mass is 16.5. The Hall–Kier alpha value is -1.49. The topological polar surface area (TPSA) is 66.6 Å². The number of rotatable bonds is 8. The van der Waals surface area contributed by atoms with E-state index >= 15 is 0 Å². The van der Waals surface area contributed by atoms with Gasteiger partial charge in [0.25, 0.3) is 0 Å². The number of nitrogens with two attached hydrogens (primary N) is 1. The lowest BCUT2D eigenvalue weighted by Gasteiger charge is -2.22. The molecule has 0 unspecified atom stereocenters. The Kier molecular flexibility index (Phi) is 4.70. The molecule has 5 nitrogen and oxygen atoms in total. The van der Waals surface area contributed by atoms with Crippen molar-refractivity contribution in [3.8, 4) is 11.8 Å². The van der Waals surface area contributed by atoms with Crippen LogP contribution in [-0.2, 0) is 4.74 Å². The lowest BCUT2D eigenvalue weighted by atomic mass is 10.1. The summed E-state index contributed by atoms with van der Waals surface area (Å²) < 4.78 is 16.6. The molecule has 0 saturated heterocycles. The summed E-state index contributed by atoms with van der Waals surface area (Å²) in [7, 11) is 1.70. The number of aromatic nitrogens is 1. The summed E-state index contributed by atoms with van der Waals surface area (Å²) in [5.41, 5.74) is 6.21. The summed E-state index contributed by atoms with van der Waals surface area (Å²) in [5.74, 6) is 1.68. The van der Waals surface area contributed by atoms with Crippen molar-refractivity contribution in [2.24, 2.45) is 5.92 Å². The Morgan fingerprint density at radius 2 is 2.05 bits per heavy atom. The van der Waals surface area contributed by atoms with Crippen molar-refractivity contribution in [1.82, 2.24) is 4.98 Å². The number of ether oxygens (including phenoxy) is 3. The number of nitrogens with zero attached hydrogens (tertiary/aromatic N) is 1. The Balaban J connectivity index is 1.86. The molecule has 0 aliphatic heterocycles. The maximum absolute atomic E-state index is 5.85. The lowest BCUT2D eigenvalue weighted by molar-refractivity contribution is 0.00504. The van der Waals surface area contributed by atoms with Gasteiger partial charge in [-0.3, -0.25) is 0 Å². The molecule has 1 aromatic heterocycles. The molecule has 1 aliphatic carbocycles. The molecule has 1 saturated carbocycles. The van der Waals surface area contributed by atoms with Gasteiger partial charge < -0.3 is 19.9 Å². The summed E-state index contributed by atoms with van der Waals surface area (Å²) in [6.07, 6.45) is 3.26. The standard InChI is InChI=1S/C15H24N2O3/c1-15(2,18-3)8-9-19-13-7-6-12(16)14(17-13)20-10-11-4-5-11/h6-7,11H,4-5,8-10,16H2,1-3H3. The van der Waals surface area contributed by atoms with Crippen molar-refractivity contribution < 1.29 is 14.2 Å². The molecule has 0 atom stereocenters. The molecule has 1 heterocycles. The van der Waals surface area contributed by atoms with Gasteiger partial charge in [-0.2, -0.15) is 4.98 Å². The van der Waals surface area contributed by atoms with Crippen LogP contribution in [0.3, 0.4) is 0 Å². The number of methoxy groups -OCH3 is 1. The van der Waals surface area contributed by atoms with Crippen LogP contribution >= 0.6 is 0 Å². The van der Waals surface area contributed by atoms with Crippen LogP contribution in [0.1, 0.15) is 33.1 Å². The largest absolute Gasteiger partial charge is 0.477 e. The van der Waals surface area contributed by atoms with Gasteiger partial charge in [0.2, 0.25) is 11.8 Å². The summed E-state index contributed by atoms with van der Waals surface area (Å²) in [5, 5.41) is 0. The normalized spacial score (nSPS) is 15.2. The zero-order valence-corrected chi connectivity index (χ0v) is 12.5. The van der Waals surface area contributed by atoms with Crippen LogP contribution in [0.5, 0.6) is 11.8 Å². The molecule has 0 amide bonds. The van der Waals surface area contributed by atoms with Gasteiger partial charge in [-0.05, 0) is 38.7 Å². The molecule has 2 rings (SSSR count). The molecule has 20 heavy (non-hydrogen) atoms. The number of pyridine rings is 1. The highest BCUT2D eigenvalue weighted by molar-refractivity contribution is 5.49. The molecule has 112 valence electrons. The summed E-state index contributed by atoms with van der Waals surface area (Å²) in [4.78, 5) is 4.31. The highest BCUT2D eigenvalue weighted by Crippen LogP contribution is 2.31. The Morgan fingerprint density at radius 3 is 2.70 bits per heavy atom. The Morgan fingerprint density at radius 1 is 1.30 bits per heavy atom. The van der Waals surface area contributed by atoms with E-state index in [1.807, 2.05) is 13.8 Å². The fourth-order valence-electron chi connectivity index (χ4n) is 1.62. The molecular formula is C15H24N2O3. The quantitative estimate of drug-likeness (QED) is 0.793. The highest BCUT2D eigenvalue weighted by Gasteiger charge is 2.22. The van der Waals surface area contributed by atoms with Gasteiger partial charge >= 0.3 is 0 Å². The van der Waals surface area contributed by atoms with Gasteiger partial charge in [-0.25, -0.2) is 0 Å².